The van der Waals surface area contributed by atoms with Crippen molar-refractivity contribution in [2.75, 3.05) is 11.1 Å². The van der Waals surface area contributed by atoms with Gasteiger partial charge in [-0.25, -0.2) is 4.98 Å². The van der Waals surface area contributed by atoms with Crippen LogP contribution in [-0.2, 0) is 13.0 Å². The number of pyridine rings is 1. The summed E-state index contributed by atoms with van der Waals surface area (Å²) >= 11 is 0. The minimum absolute atomic E-state index is 0.108. The van der Waals surface area contributed by atoms with Gasteiger partial charge in [-0.2, -0.15) is 4.98 Å². The zero-order valence-corrected chi connectivity index (χ0v) is 15.4. The zero-order valence-electron chi connectivity index (χ0n) is 15.4. The monoisotopic (exact) mass is 371 g/mol. The fraction of sp³-hybridized carbons (Fsp3) is 0.500. The number of nitrogen functional groups attached to an aromatic ring is 1. The molecule has 9 nitrogen and oxygen atoms in total. The first kappa shape index (κ1) is 19.0. The SMILES string of the molecule is Cc1ncccc1CNc1nc(N)c([N+](=O)[O-])c(CC2CCC(N)CC2)n1. The van der Waals surface area contributed by atoms with Gasteiger partial charge >= 0.3 is 5.69 Å². The van der Waals surface area contributed by atoms with Crippen LogP contribution in [0, 0.1) is 23.0 Å². The fourth-order valence-corrected chi connectivity index (χ4v) is 3.49. The van der Waals surface area contributed by atoms with E-state index in [0.717, 1.165) is 36.9 Å². The van der Waals surface area contributed by atoms with Crippen molar-refractivity contribution in [3.05, 3.63) is 45.4 Å². The fourth-order valence-electron chi connectivity index (χ4n) is 3.49. The molecule has 2 heterocycles. The summed E-state index contributed by atoms with van der Waals surface area (Å²) in [6, 6.07) is 4.04. The van der Waals surface area contributed by atoms with Crippen LogP contribution in [0.4, 0.5) is 17.5 Å². The van der Waals surface area contributed by atoms with Crippen molar-refractivity contribution in [2.45, 2.75) is 51.6 Å². The molecule has 1 aliphatic rings. The van der Waals surface area contributed by atoms with Gasteiger partial charge in [0, 0.05) is 24.5 Å². The number of nitrogens with zero attached hydrogens (tertiary/aromatic N) is 4. The quantitative estimate of drug-likeness (QED) is 0.518. The molecule has 0 radical (unpaired) electrons. The summed E-state index contributed by atoms with van der Waals surface area (Å²) < 4.78 is 0. The van der Waals surface area contributed by atoms with Gasteiger partial charge in [-0.05, 0) is 56.6 Å². The number of hydrogen-bond donors (Lipinski definition) is 3. The molecule has 1 fully saturated rings. The third-order valence-corrected chi connectivity index (χ3v) is 5.09. The van der Waals surface area contributed by atoms with Crippen molar-refractivity contribution in [3.8, 4) is 0 Å². The number of anilines is 2. The highest BCUT2D eigenvalue weighted by Crippen LogP contribution is 2.31. The second-order valence-electron chi connectivity index (χ2n) is 7.07. The van der Waals surface area contributed by atoms with Crippen LogP contribution in [0.15, 0.2) is 18.3 Å². The van der Waals surface area contributed by atoms with Crippen LogP contribution in [0.1, 0.15) is 42.6 Å². The lowest BCUT2D eigenvalue weighted by atomic mass is 9.83. The van der Waals surface area contributed by atoms with Crippen LogP contribution in [0.2, 0.25) is 0 Å². The van der Waals surface area contributed by atoms with Crippen LogP contribution < -0.4 is 16.8 Å². The molecule has 0 bridgehead atoms. The van der Waals surface area contributed by atoms with Gasteiger partial charge in [0.2, 0.25) is 11.8 Å². The van der Waals surface area contributed by atoms with Crippen molar-refractivity contribution in [3.63, 3.8) is 0 Å². The highest BCUT2D eigenvalue weighted by Gasteiger charge is 2.27. The molecule has 0 aromatic carbocycles. The van der Waals surface area contributed by atoms with E-state index in [-0.39, 0.29) is 17.5 Å². The van der Waals surface area contributed by atoms with Crippen LogP contribution in [0.3, 0.4) is 0 Å². The van der Waals surface area contributed by atoms with Gasteiger partial charge in [-0.15, -0.1) is 0 Å². The number of aryl methyl sites for hydroxylation is 1. The van der Waals surface area contributed by atoms with Gasteiger partial charge < -0.3 is 16.8 Å². The molecule has 2 aromatic heterocycles. The molecule has 0 aliphatic heterocycles. The van der Waals surface area contributed by atoms with Gasteiger partial charge in [-0.3, -0.25) is 15.1 Å². The topological polar surface area (TPSA) is 146 Å². The maximum absolute atomic E-state index is 11.5. The molecule has 1 aliphatic carbocycles. The zero-order chi connectivity index (χ0) is 19.4. The molecular weight excluding hydrogens is 346 g/mol. The molecule has 0 atom stereocenters. The summed E-state index contributed by atoms with van der Waals surface area (Å²) in [7, 11) is 0. The highest BCUT2D eigenvalue weighted by molar-refractivity contribution is 5.58. The Kier molecular flexibility index (Phi) is 5.80. The number of aromatic nitrogens is 3. The Morgan fingerprint density at radius 3 is 2.70 bits per heavy atom. The van der Waals surface area contributed by atoms with E-state index in [9.17, 15) is 10.1 Å². The Morgan fingerprint density at radius 2 is 2.04 bits per heavy atom. The molecule has 1 saturated carbocycles. The highest BCUT2D eigenvalue weighted by atomic mass is 16.6. The van der Waals surface area contributed by atoms with Crippen LogP contribution >= 0.6 is 0 Å². The van der Waals surface area contributed by atoms with Crippen molar-refractivity contribution >= 4 is 17.5 Å². The minimum Gasteiger partial charge on any atom is -0.378 e. The number of rotatable bonds is 6. The summed E-state index contributed by atoms with van der Waals surface area (Å²) in [6.07, 6.45) is 6.00. The molecule has 3 rings (SSSR count). The second-order valence-corrected chi connectivity index (χ2v) is 7.07. The van der Waals surface area contributed by atoms with E-state index >= 15 is 0 Å². The van der Waals surface area contributed by atoms with Gasteiger partial charge in [0.15, 0.2) is 0 Å². The van der Waals surface area contributed by atoms with Gasteiger partial charge in [0.1, 0.15) is 5.69 Å². The van der Waals surface area contributed by atoms with Crippen molar-refractivity contribution in [2.24, 2.45) is 11.7 Å². The molecule has 0 spiro atoms. The van der Waals surface area contributed by atoms with Gasteiger partial charge in [0.25, 0.3) is 0 Å². The Balaban J connectivity index is 1.80. The average molecular weight is 371 g/mol. The van der Waals surface area contributed by atoms with E-state index in [2.05, 4.69) is 20.3 Å². The molecule has 9 heteroatoms. The molecule has 0 amide bonds. The normalized spacial score (nSPS) is 19.6. The predicted molar refractivity (Wildman–Crippen MR) is 103 cm³/mol. The summed E-state index contributed by atoms with van der Waals surface area (Å²) in [4.78, 5) is 23.7. The third kappa shape index (κ3) is 4.68. The van der Waals surface area contributed by atoms with E-state index in [1.807, 2.05) is 19.1 Å². The van der Waals surface area contributed by atoms with Crippen LogP contribution in [0.5, 0.6) is 0 Å². The van der Waals surface area contributed by atoms with Crippen LogP contribution in [0.25, 0.3) is 0 Å². The van der Waals surface area contributed by atoms with Crippen molar-refractivity contribution in [1.29, 1.82) is 0 Å². The maximum Gasteiger partial charge on any atom is 0.332 e. The van der Waals surface area contributed by atoms with E-state index in [1.165, 1.54) is 0 Å². The lowest BCUT2D eigenvalue weighted by molar-refractivity contribution is -0.385. The smallest absolute Gasteiger partial charge is 0.332 e. The van der Waals surface area contributed by atoms with E-state index in [0.29, 0.717) is 30.5 Å². The summed E-state index contributed by atoms with van der Waals surface area (Å²) in [5.74, 6) is 0.512. The van der Waals surface area contributed by atoms with E-state index in [4.69, 9.17) is 11.5 Å². The number of nitrogens with one attached hydrogen (secondary N) is 1. The summed E-state index contributed by atoms with van der Waals surface area (Å²) in [5, 5.41) is 14.6. The molecule has 144 valence electrons. The standard InChI is InChI=1S/C18H25N7O2/c1-11-13(3-2-8-21-11)10-22-18-23-15(16(25(26)27)17(20)24-18)9-12-4-6-14(19)7-5-12/h2-3,8,12,14H,4-7,9-10,19H2,1H3,(H3,20,22,23,24). The average Bonchev–Trinajstić information content (AvgIpc) is 2.62. The van der Waals surface area contributed by atoms with E-state index < -0.39 is 4.92 Å². The lowest BCUT2D eigenvalue weighted by Crippen LogP contribution is -2.27. The molecule has 5 N–H and O–H groups in total. The Bertz CT molecular complexity index is 819. The Labute approximate surface area is 157 Å². The molecule has 27 heavy (non-hydrogen) atoms. The van der Waals surface area contributed by atoms with Gasteiger partial charge in [-0.1, -0.05) is 6.07 Å². The first-order valence-electron chi connectivity index (χ1n) is 9.14. The summed E-state index contributed by atoms with van der Waals surface area (Å²) in [5.41, 5.74) is 13.9. The number of nitrogens with two attached hydrogens (primary N) is 2. The summed E-state index contributed by atoms with van der Waals surface area (Å²) in [6.45, 7) is 2.38. The molecular formula is C18H25N7O2. The number of hydrogen-bond acceptors (Lipinski definition) is 8. The van der Waals surface area contributed by atoms with E-state index in [1.54, 1.807) is 6.20 Å². The minimum atomic E-state index is -0.492. The maximum atomic E-state index is 11.5. The molecule has 2 aromatic rings. The second kappa shape index (κ2) is 8.26. The lowest BCUT2D eigenvalue weighted by Gasteiger charge is -2.25. The predicted octanol–water partition coefficient (Wildman–Crippen LogP) is 2.34. The Hall–Kier alpha value is -2.81. The first-order chi connectivity index (χ1) is 12.9. The van der Waals surface area contributed by atoms with Crippen molar-refractivity contribution < 1.29 is 4.92 Å². The molecule has 0 saturated heterocycles. The molecule has 0 unspecified atom stereocenters. The van der Waals surface area contributed by atoms with Gasteiger partial charge in [0.05, 0.1) is 4.92 Å². The van der Waals surface area contributed by atoms with Crippen LogP contribution in [-0.4, -0.2) is 25.9 Å². The first-order valence-corrected chi connectivity index (χ1v) is 9.14. The van der Waals surface area contributed by atoms with Crippen molar-refractivity contribution in [1.82, 2.24) is 15.0 Å². The largest absolute Gasteiger partial charge is 0.378 e. The third-order valence-electron chi connectivity index (χ3n) is 5.09. The Morgan fingerprint density at radius 1 is 1.30 bits per heavy atom. The number of nitro groups is 1.